The van der Waals surface area contributed by atoms with Gasteiger partial charge in [-0.1, -0.05) is 30.3 Å². The fourth-order valence-corrected chi connectivity index (χ4v) is 2.52. The molecule has 0 saturated carbocycles. The van der Waals surface area contributed by atoms with Gasteiger partial charge in [-0.25, -0.2) is 4.79 Å². The van der Waals surface area contributed by atoms with Crippen LogP contribution >= 0.6 is 0 Å². The maximum absolute atomic E-state index is 11.8. The number of hydrogen-bond acceptors (Lipinski definition) is 3. The Morgan fingerprint density at radius 2 is 2.15 bits per heavy atom. The largest absolute Gasteiger partial charge is 0.461 e. The minimum Gasteiger partial charge on any atom is -0.461 e. The summed E-state index contributed by atoms with van der Waals surface area (Å²) in [4.78, 5) is 11.8. The predicted octanol–water partition coefficient (Wildman–Crippen LogP) is 3.07. The third kappa shape index (κ3) is 2.25. The second-order valence-corrected chi connectivity index (χ2v) is 4.73. The van der Waals surface area contributed by atoms with E-state index in [9.17, 15) is 4.79 Å². The molecule has 1 aliphatic carbocycles. The van der Waals surface area contributed by atoms with Crippen LogP contribution in [0.1, 0.15) is 40.7 Å². The van der Waals surface area contributed by atoms with Gasteiger partial charge in [0.1, 0.15) is 5.69 Å². The molecule has 3 rings (SSSR count). The van der Waals surface area contributed by atoms with Crippen LogP contribution in [-0.2, 0) is 11.2 Å². The van der Waals surface area contributed by atoms with Gasteiger partial charge in [0, 0.05) is 5.56 Å². The number of aromatic nitrogens is 2. The second-order valence-electron chi connectivity index (χ2n) is 4.73. The molecule has 0 fully saturated rings. The first-order valence-corrected chi connectivity index (χ1v) is 6.80. The van der Waals surface area contributed by atoms with E-state index in [1.807, 2.05) is 18.2 Å². The Kier molecular flexibility index (Phi) is 3.37. The van der Waals surface area contributed by atoms with E-state index < -0.39 is 0 Å². The maximum atomic E-state index is 11.8. The Hall–Kier alpha value is -2.36. The highest BCUT2D eigenvalue weighted by Gasteiger charge is 2.26. The summed E-state index contributed by atoms with van der Waals surface area (Å²) in [5.74, 6) is -0.317. The zero-order valence-electron chi connectivity index (χ0n) is 11.3. The summed E-state index contributed by atoms with van der Waals surface area (Å²) in [6.45, 7) is 2.18. The van der Waals surface area contributed by atoms with Gasteiger partial charge in [-0.3, -0.25) is 5.10 Å². The molecule has 0 amide bonds. The lowest BCUT2D eigenvalue weighted by Crippen LogP contribution is -2.07. The minimum atomic E-state index is -0.317. The summed E-state index contributed by atoms with van der Waals surface area (Å²) in [6.07, 6.45) is 3.87. The molecule has 20 heavy (non-hydrogen) atoms. The van der Waals surface area contributed by atoms with Crippen molar-refractivity contribution in [3.63, 3.8) is 0 Å². The number of nitrogens with one attached hydrogen (secondary N) is 1. The number of carbonyl (C=O) groups excluding carboxylic acids is 1. The van der Waals surface area contributed by atoms with Gasteiger partial charge in [0.15, 0.2) is 0 Å². The van der Waals surface area contributed by atoms with Crippen molar-refractivity contribution in [2.24, 2.45) is 0 Å². The summed E-state index contributed by atoms with van der Waals surface area (Å²) in [5.41, 5.74) is 4.69. The van der Waals surface area contributed by atoms with Crippen LogP contribution in [0.25, 0.3) is 11.6 Å². The van der Waals surface area contributed by atoms with E-state index in [0.717, 1.165) is 35.2 Å². The Labute approximate surface area is 117 Å². The SMILES string of the molecule is CCOC(=O)c1[nH]nc2c1CC/C2=C\c1ccccc1. The van der Waals surface area contributed by atoms with Crippen molar-refractivity contribution in [1.82, 2.24) is 10.2 Å². The van der Waals surface area contributed by atoms with Crippen molar-refractivity contribution in [2.75, 3.05) is 6.61 Å². The van der Waals surface area contributed by atoms with Crippen molar-refractivity contribution < 1.29 is 9.53 Å². The Morgan fingerprint density at radius 3 is 2.90 bits per heavy atom. The molecule has 4 nitrogen and oxygen atoms in total. The minimum absolute atomic E-state index is 0.317. The first-order chi connectivity index (χ1) is 9.79. The van der Waals surface area contributed by atoms with E-state index in [2.05, 4.69) is 28.4 Å². The van der Waals surface area contributed by atoms with Crippen molar-refractivity contribution in [3.05, 3.63) is 52.8 Å². The van der Waals surface area contributed by atoms with Crippen LogP contribution < -0.4 is 0 Å². The molecule has 0 unspecified atom stereocenters. The van der Waals surface area contributed by atoms with Gasteiger partial charge in [0.05, 0.1) is 12.3 Å². The lowest BCUT2D eigenvalue weighted by molar-refractivity contribution is 0.0518. The highest BCUT2D eigenvalue weighted by molar-refractivity contribution is 5.93. The number of allylic oxidation sites excluding steroid dienone is 1. The van der Waals surface area contributed by atoms with Crippen molar-refractivity contribution >= 4 is 17.6 Å². The number of esters is 1. The molecule has 1 heterocycles. The highest BCUT2D eigenvalue weighted by Crippen LogP contribution is 2.34. The number of hydrogen-bond donors (Lipinski definition) is 1. The number of carbonyl (C=O) groups is 1. The van der Waals surface area contributed by atoms with Gasteiger partial charge in [-0.2, -0.15) is 5.10 Å². The number of rotatable bonds is 3. The molecule has 0 atom stereocenters. The van der Waals surface area contributed by atoms with Gasteiger partial charge in [0.2, 0.25) is 0 Å². The molecule has 1 aromatic carbocycles. The molecule has 2 aromatic rings. The quantitative estimate of drug-likeness (QED) is 0.870. The van der Waals surface area contributed by atoms with Gasteiger partial charge in [0.25, 0.3) is 0 Å². The van der Waals surface area contributed by atoms with Crippen molar-refractivity contribution in [3.8, 4) is 0 Å². The topological polar surface area (TPSA) is 55.0 Å². The van der Waals surface area contributed by atoms with Gasteiger partial charge < -0.3 is 4.74 Å². The highest BCUT2D eigenvalue weighted by atomic mass is 16.5. The molecule has 0 spiro atoms. The molecule has 0 bridgehead atoms. The lowest BCUT2D eigenvalue weighted by atomic mass is 10.1. The molecule has 0 saturated heterocycles. The number of ether oxygens (including phenoxy) is 1. The molecule has 1 aliphatic rings. The molecule has 0 aliphatic heterocycles. The van der Waals surface area contributed by atoms with Crippen LogP contribution in [0.3, 0.4) is 0 Å². The fourth-order valence-electron chi connectivity index (χ4n) is 2.52. The Balaban J connectivity index is 1.92. The van der Waals surface area contributed by atoms with E-state index >= 15 is 0 Å². The first kappa shape index (κ1) is 12.7. The summed E-state index contributed by atoms with van der Waals surface area (Å²) in [7, 11) is 0. The lowest BCUT2D eigenvalue weighted by Gasteiger charge is -1.99. The number of aromatic amines is 1. The molecule has 1 aromatic heterocycles. The summed E-state index contributed by atoms with van der Waals surface area (Å²) < 4.78 is 5.04. The average molecular weight is 268 g/mol. The molecular weight excluding hydrogens is 252 g/mol. The van der Waals surface area contributed by atoms with E-state index in [1.54, 1.807) is 6.92 Å². The molecular formula is C16H16N2O2. The smallest absolute Gasteiger partial charge is 0.356 e. The first-order valence-electron chi connectivity index (χ1n) is 6.80. The summed E-state index contributed by atoms with van der Waals surface area (Å²) in [5, 5.41) is 7.09. The third-order valence-electron chi connectivity index (χ3n) is 3.44. The number of fused-ring (bicyclic) bond motifs is 1. The van der Waals surface area contributed by atoms with E-state index in [4.69, 9.17) is 4.74 Å². The monoisotopic (exact) mass is 268 g/mol. The summed E-state index contributed by atoms with van der Waals surface area (Å²) >= 11 is 0. The van der Waals surface area contributed by atoms with Crippen molar-refractivity contribution in [1.29, 1.82) is 0 Å². The zero-order chi connectivity index (χ0) is 13.9. The Bertz CT molecular complexity index is 656. The van der Waals surface area contributed by atoms with Gasteiger partial charge in [-0.05, 0) is 37.0 Å². The van der Waals surface area contributed by atoms with Gasteiger partial charge in [-0.15, -0.1) is 0 Å². The molecule has 0 radical (unpaired) electrons. The van der Waals surface area contributed by atoms with E-state index in [0.29, 0.717) is 12.3 Å². The third-order valence-corrected chi connectivity index (χ3v) is 3.44. The molecule has 102 valence electrons. The molecule has 4 heteroatoms. The number of nitrogens with zero attached hydrogens (tertiary/aromatic N) is 1. The Morgan fingerprint density at radius 1 is 1.35 bits per heavy atom. The van der Waals surface area contributed by atoms with E-state index in [-0.39, 0.29) is 5.97 Å². The van der Waals surface area contributed by atoms with Gasteiger partial charge >= 0.3 is 5.97 Å². The maximum Gasteiger partial charge on any atom is 0.356 e. The van der Waals surface area contributed by atoms with Crippen LogP contribution in [0.4, 0.5) is 0 Å². The van der Waals surface area contributed by atoms with E-state index in [1.165, 1.54) is 0 Å². The average Bonchev–Trinajstić information content (AvgIpc) is 3.03. The fraction of sp³-hybridized carbons (Fsp3) is 0.250. The van der Waals surface area contributed by atoms with Crippen LogP contribution in [0.2, 0.25) is 0 Å². The second kappa shape index (κ2) is 5.33. The standard InChI is InChI=1S/C16H16N2O2/c1-2-20-16(19)15-13-9-8-12(14(13)17-18-15)10-11-6-4-3-5-7-11/h3-7,10H,2,8-9H2,1H3,(H,17,18)/b12-10+. The van der Waals surface area contributed by atoms with Crippen LogP contribution in [0, 0.1) is 0 Å². The van der Waals surface area contributed by atoms with Crippen LogP contribution in [-0.4, -0.2) is 22.8 Å². The van der Waals surface area contributed by atoms with Crippen LogP contribution in [0.15, 0.2) is 30.3 Å². The van der Waals surface area contributed by atoms with Crippen LogP contribution in [0.5, 0.6) is 0 Å². The zero-order valence-corrected chi connectivity index (χ0v) is 11.3. The predicted molar refractivity (Wildman–Crippen MR) is 77.2 cm³/mol. The van der Waals surface area contributed by atoms with Crippen molar-refractivity contribution in [2.45, 2.75) is 19.8 Å². The summed E-state index contributed by atoms with van der Waals surface area (Å²) in [6, 6.07) is 10.1. The number of benzene rings is 1. The molecule has 1 N–H and O–H groups in total. The normalized spacial score (nSPS) is 15.3. The number of H-pyrrole nitrogens is 1.